The van der Waals surface area contributed by atoms with E-state index in [0.717, 1.165) is 54.4 Å². The lowest BCUT2D eigenvalue weighted by atomic mass is 9.87. The molecule has 7 heteroatoms. The molecule has 1 fully saturated rings. The van der Waals surface area contributed by atoms with E-state index in [4.69, 9.17) is 17.3 Å². The van der Waals surface area contributed by atoms with Crippen molar-refractivity contribution in [2.45, 2.75) is 44.3 Å². The van der Waals surface area contributed by atoms with E-state index in [-0.39, 0.29) is 18.1 Å². The summed E-state index contributed by atoms with van der Waals surface area (Å²) in [5.74, 6) is 0.177. The van der Waals surface area contributed by atoms with Gasteiger partial charge in [0.15, 0.2) is 5.78 Å². The van der Waals surface area contributed by atoms with Gasteiger partial charge in [0, 0.05) is 40.7 Å². The third kappa shape index (κ3) is 6.59. The molecule has 2 atom stereocenters. The number of hydrogen-bond donors (Lipinski definition) is 3. The Labute approximate surface area is 234 Å². The van der Waals surface area contributed by atoms with E-state index in [1.54, 1.807) is 6.07 Å². The number of rotatable bonds is 10. The van der Waals surface area contributed by atoms with Crippen LogP contribution in [0.5, 0.6) is 0 Å². The van der Waals surface area contributed by atoms with Crippen LogP contribution in [-0.4, -0.2) is 40.7 Å². The van der Waals surface area contributed by atoms with E-state index in [1.807, 2.05) is 54.7 Å². The molecule has 1 aliphatic rings. The van der Waals surface area contributed by atoms with Crippen LogP contribution in [0.2, 0.25) is 5.02 Å². The fourth-order valence-electron chi connectivity index (χ4n) is 5.62. The Kier molecular flexibility index (Phi) is 8.77. The first-order chi connectivity index (χ1) is 19.0. The molecule has 2 unspecified atom stereocenters. The highest BCUT2D eigenvalue weighted by molar-refractivity contribution is 6.31. The molecule has 0 radical (unpaired) electrons. The van der Waals surface area contributed by atoms with Crippen molar-refractivity contribution in [2.24, 2.45) is 11.7 Å². The molecule has 202 valence electrons. The van der Waals surface area contributed by atoms with Crippen molar-refractivity contribution in [3.63, 3.8) is 0 Å². The van der Waals surface area contributed by atoms with Crippen molar-refractivity contribution in [1.82, 2.24) is 15.2 Å². The van der Waals surface area contributed by atoms with Gasteiger partial charge in [0.1, 0.15) is 0 Å². The molecule has 0 spiro atoms. The summed E-state index contributed by atoms with van der Waals surface area (Å²) in [6.45, 7) is 1.90. The number of Topliss-reactive ketones (excluding diaryl/α,β-unsaturated/α-hetero) is 1. The standard InChI is InChI=1S/C32H35ClN4O2/c33-27-12-6-4-10-24(27)20-36-30(38)19-28(34)32(39)31(26-21-35-29-13-7-5-11-25(26)29)37-16-14-23(15-17-37)18-22-8-2-1-3-9-22/h1-13,21,23,28,31,35H,14-20,34H2,(H,36,38). The number of nitrogens with one attached hydrogen (secondary N) is 2. The lowest BCUT2D eigenvalue weighted by Gasteiger charge is -2.37. The molecule has 5 rings (SSSR count). The van der Waals surface area contributed by atoms with Gasteiger partial charge in [-0.1, -0.05) is 78.3 Å². The fourth-order valence-corrected chi connectivity index (χ4v) is 5.83. The van der Waals surface area contributed by atoms with E-state index in [9.17, 15) is 9.59 Å². The molecule has 2 heterocycles. The Hall–Kier alpha value is -3.45. The summed E-state index contributed by atoms with van der Waals surface area (Å²) in [7, 11) is 0. The van der Waals surface area contributed by atoms with Crippen LogP contribution in [-0.2, 0) is 22.6 Å². The number of aromatic amines is 1. The number of para-hydroxylation sites is 1. The van der Waals surface area contributed by atoms with Gasteiger partial charge in [0.05, 0.1) is 12.1 Å². The number of hydrogen-bond acceptors (Lipinski definition) is 4. The molecule has 6 nitrogen and oxygen atoms in total. The van der Waals surface area contributed by atoms with E-state index in [2.05, 4.69) is 39.5 Å². The van der Waals surface area contributed by atoms with Crippen molar-refractivity contribution >= 4 is 34.2 Å². The number of likely N-dealkylation sites (tertiary alicyclic amines) is 1. The monoisotopic (exact) mass is 542 g/mol. The van der Waals surface area contributed by atoms with Gasteiger partial charge >= 0.3 is 0 Å². The number of carbonyl (C=O) groups excluding carboxylic acids is 2. The minimum absolute atomic E-state index is 0.0768. The molecule has 0 aliphatic carbocycles. The maximum atomic E-state index is 13.9. The van der Waals surface area contributed by atoms with Gasteiger partial charge < -0.3 is 16.0 Å². The number of amides is 1. The third-order valence-electron chi connectivity index (χ3n) is 7.77. The van der Waals surface area contributed by atoms with E-state index >= 15 is 0 Å². The van der Waals surface area contributed by atoms with Gasteiger partial charge in [-0.15, -0.1) is 0 Å². The molecule has 1 aliphatic heterocycles. The second-order valence-electron chi connectivity index (χ2n) is 10.4. The Balaban J connectivity index is 1.29. The van der Waals surface area contributed by atoms with Gasteiger partial charge in [-0.05, 0) is 61.5 Å². The van der Waals surface area contributed by atoms with Gasteiger partial charge in [-0.2, -0.15) is 0 Å². The zero-order valence-electron chi connectivity index (χ0n) is 22.0. The molecule has 0 bridgehead atoms. The molecule has 1 aromatic heterocycles. The summed E-state index contributed by atoms with van der Waals surface area (Å²) in [6, 6.07) is 24.5. The van der Waals surface area contributed by atoms with Crippen molar-refractivity contribution in [3.05, 3.63) is 107 Å². The van der Waals surface area contributed by atoms with E-state index in [1.165, 1.54) is 5.56 Å². The Morgan fingerprint density at radius 1 is 0.974 bits per heavy atom. The van der Waals surface area contributed by atoms with Crippen LogP contribution in [0.4, 0.5) is 0 Å². The van der Waals surface area contributed by atoms with Gasteiger partial charge in [0.25, 0.3) is 0 Å². The summed E-state index contributed by atoms with van der Waals surface area (Å²) in [5.41, 5.74) is 10.5. The first-order valence-electron chi connectivity index (χ1n) is 13.6. The maximum Gasteiger partial charge on any atom is 0.222 e. The first-order valence-corrected chi connectivity index (χ1v) is 14.0. The van der Waals surface area contributed by atoms with Crippen LogP contribution in [0.3, 0.4) is 0 Å². The number of benzene rings is 3. The van der Waals surface area contributed by atoms with E-state index in [0.29, 0.717) is 17.5 Å². The molecule has 39 heavy (non-hydrogen) atoms. The lowest BCUT2D eigenvalue weighted by molar-refractivity contribution is -0.130. The van der Waals surface area contributed by atoms with Crippen molar-refractivity contribution < 1.29 is 9.59 Å². The highest BCUT2D eigenvalue weighted by atomic mass is 35.5. The molecular weight excluding hydrogens is 508 g/mol. The van der Waals surface area contributed by atoms with Gasteiger partial charge in [-0.3, -0.25) is 14.5 Å². The third-order valence-corrected chi connectivity index (χ3v) is 8.14. The summed E-state index contributed by atoms with van der Waals surface area (Å²) in [5, 5.41) is 4.46. The highest BCUT2D eigenvalue weighted by Gasteiger charge is 2.35. The maximum absolute atomic E-state index is 13.9. The normalized spacial score (nSPS) is 16.2. The predicted octanol–water partition coefficient (Wildman–Crippen LogP) is 5.42. The van der Waals surface area contributed by atoms with Crippen molar-refractivity contribution in [2.75, 3.05) is 13.1 Å². The number of nitrogens with two attached hydrogens (primary N) is 1. The number of H-pyrrole nitrogens is 1. The van der Waals surface area contributed by atoms with E-state index < -0.39 is 12.1 Å². The number of nitrogens with zero attached hydrogens (tertiary/aromatic N) is 1. The molecule has 0 saturated carbocycles. The predicted molar refractivity (Wildman–Crippen MR) is 156 cm³/mol. The van der Waals surface area contributed by atoms with Crippen LogP contribution in [0.1, 0.15) is 42.0 Å². The van der Waals surface area contributed by atoms with Crippen LogP contribution < -0.4 is 11.1 Å². The van der Waals surface area contributed by atoms with Crippen molar-refractivity contribution in [3.8, 4) is 0 Å². The lowest BCUT2D eigenvalue weighted by Crippen LogP contribution is -2.47. The van der Waals surface area contributed by atoms with Crippen molar-refractivity contribution in [1.29, 1.82) is 0 Å². The molecule has 4 N–H and O–H groups in total. The Morgan fingerprint density at radius 3 is 2.44 bits per heavy atom. The second-order valence-corrected chi connectivity index (χ2v) is 10.8. The number of piperidine rings is 1. The number of aromatic nitrogens is 1. The van der Waals surface area contributed by atoms with Crippen LogP contribution in [0, 0.1) is 5.92 Å². The van der Waals surface area contributed by atoms with Crippen LogP contribution >= 0.6 is 11.6 Å². The zero-order valence-corrected chi connectivity index (χ0v) is 22.7. The van der Waals surface area contributed by atoms with Gasteiger partial charge in [-0.25, -0.2) is 0 Å². The van der Waals surface area contributed by atoms with Gasteiger partial charge in [0.2, 0.25) is 5.91 Å². The molecule has 1 saturated heterocycles. The summed E-state index contributed by atoms with van der Waals surface area (Å²) in [6.07, 6.45) is 4.91. The second kappa shape index (κ2) is 12.6. The number of halogens is 1. The molecule has 4 aromatic rings. The number of carbonyl (C=O) groups is 2. The Bertz CT molecular complexity index is 1410. The molecule has 3 aromatic carbocycles. The average molecular weight is 543 g/mol. The smallest absolute Gasteiger partial charge is 0.222 e. The Morgan fingerprint density at radius 2 is 1.67 bits per heavy atom. The SMILES string of the molecule is NC(CC(=O)NCc1ccccc1Cl)C(=O)C(c1c[nH]c2ccccc12)N1CCC(Cc2ccccc2)CC1. The first kappa shape index (κ1) is 27.1. The summed E-state index contributed by atoms with van der Waals surface area (Å²) >= 11 is 6.21. The summed E-state index contributed by atoms with van der Waals surface area (Å²) in [4.78, 5) is 32.3. The molecule has 1 amide bonds. The summed E-state index contributed by atoms with van der Waals surface area (Å²) < 4.78 is 0. The zero-order chi connectivity index (χ0) is 27.2. The molecular formula is C32H35ClN4O2. The fraction of sp³-hybridized carbons (Fsp3) is 0.312. The van der Waals surface area contributed by atoms with Crippen LogP contribution in [0.25, 0.3) is 10.9 Å². The largest absolute Gasteiger partial charge is 0.361 e. The number of ketones is 1. The minimum atomic E-state index is -0.919. The topological polar surface area (TPSA) is 91.2 Å². The average Bonchev–Trinajstić information content (AvgIpc) is 3.38. The highest BCUT2D eigenvalue weighted by Crippen LogP contribution is 2.34. The number of fused-ring (bicyclic) bond motifs is 1. The van der Waals surface area contributed by atoms with Crippen LogP contribution in [0.15, 0.2) is 85.1 Å². The minimum Gasteiger partial charge on any atom is -0.361 e. The quantitative estimate of drug-likeness (QED) is 0.249.